The number of hydrogen-bond acceptors (Lipinski definition) is 3. The average Bonchev–Trinajstić information content (AvgIpc) is 2.79. The molecule has 0 bridgehead atoms. The van der Waals surface area contributed by atoms with Crippen LogP contribution in [0, 0.1) is 0 Å². The molecule has 0 aromatic carbocycles. The van der Waals surface area contributed by atoms with E-state index < -0.39 is 0 Å². The van der Waals surface area contributed by atoms with E-state index >= 15 is 0 Å². The van der Waals surface area contributed by atoms with Crippen LogP contribution >= 0.6 is 0 Å². The molecule has 1 N–H and O–H groups in total. The number of piperidine rings is 1. The van der Waals surface area contributed by atoms with E-state index in [1.54, 1.807) is 0 Å². The predicted molar refractivity (Wildman–Crippen MR) is 79.2 cm³/mol. The zero-order valence-electron chi connectivity index (χ0n) is 12.7. The Morgan fingerprint density at radius 3 is 2.89 bits per heavy atom. The molecular formula is C15H28N4. The van der Waals surface area contributed by atoms with E-state index in [0.717, 1.165) is 26.1 Å². The highest BCUT2D eigenvalue weighted by molar-refractivity contribution is 5.16. The van der Waals surface area contributed by atoms with Crippen LogP contribution < -0.4 is 5.32 Å². The zero-order valence-corrected chi connectivity index (χ0v) is 12.7. The molecule has 4 nitrogen and oxygen atoms in total. The van der Waals surface area contributed by atoms with Crippen molar-refractivity contribution in [1.29, 1.82) is 0 Å². The van der Waals surface area contributed by atoms with Gasteiger partial charge in [0, 0.05) is 37.9 Å². The molecular weight excluding hydrogens is 236 g/mol. The molecule has 2 heterocycles. The predicted octanol–water partition coefficient (Wildman–Crippen LogP) is 1.95. The lowest BCUT2D eigenvalue weighted by molar-refractivity contribution is 0.226. The van der Waals surface area contributed by atoms with Crippen LogP contribution in [-0.4, -0.2) is 40.4 Å². The summed E-state index contributed by atoms with van der Waals surface area (Å²) in [4.78, 5) is 2.54. The summed E-state index contributed by atoms with van der Waals surface area (Å²) in [6, 6.07) is 0.676. The molecule has 2 rings (SSSR count). The first-order chi connectivity index (χ1) is 9.22. The molecule has 0 amide bonds. The van der Waals surface area contributed by atoms with Crippen molar-refractivity contribution >= 4 is 0 Å². The molecule has 4 heteroatoms. The molecule has 0 spiro atoms. The Labute approximate surface area is 117 Å². The first kappa shape index (κ1) is 14.5. The molecule has 1 aromatic heterocycles. The minimum Gasteiger partial charge on any atom is -0.313 e. The quantitative estimate of drug-likeness (QED) is 0.852. The van der Waals surface area contributed by atoms with Gasteiger partial charge in [0.15, 0.2) is 0 Å². The van der Waals surface area contributed by atoms with Gasteiger partial charge < -0.3 is 5.32 Å². The highest BCUT2D eigenvalue weighted by Gasteiger charge is 2.17. The van der Waals surface area contributed by atoms with Gasteiger partial charge in [-0.2, -0.15) is 5.10 Å². The van der Waals surface area contributed by atoms with Crippen LogP contribution in [0.1, 0.15) is 44.4 Å². The smallest absolute Gasteiger partial charge is 0.0666 e. The first-order valence-electron chi connectivity index (χ1n) is 7.70. The lowest BCUT2D eigenvalue weighted by atomic mass is 10.0. The minimum atomic E-state index is 0.676. The molecule has 19 heavy (non-hydrogen) atoms. The minimum absolute atomic E-state index is 0.676. The number of hydrogen-bond donors (Lipinski definition) is 1. The van der Waals surface area contributed by atoms with E-state index in [-0.39, 0.29) is 0 Å². The molecule has 1 atom stereocenters. The Hall–Kier alpha value is -0.870. The Kier molecular flexibility index (Phi) is 5.40. The van der Waals surface area contributed by atoms with Crippen LogP contribution in [-0.2, 0) is 20.0 Å². The van der Waals surface area contributed by atoms with E-state index in [2.05, 4.69) is 35.4 Å². The van der Waals surface area contributed by atoms with Gasteiger partial charge in [0.05, 0.1) is 5.69 Å². The van der Waals surface area contributed by atoms with Crippen LogP contribution in [0.25, 0.3) is 0 Å². The second-order valence-electron chi connectivity index (χ2n) is 5.60. The summed E-state index contributed by atoms with van der Waals surface area (Å²) < 4.78 is 1.95. The van der Waals surface area contributed by atoms with Gasteiger partial charge in [0.1, 0.15) is 0 Å². The van der Waals surface area contributed by atoms with Crippen LogP contribution in [0.4, 0.5) is 0 Å². The summed E-state index contributed by atoms with van der Waals surface area (Å²) in [5.74, 6) is 0. The van der Waals surface area contributed by atoms with E-state index in [9.17, 15) is 0 Å². The van der Waals surface area contributed by atoms with Gasteiger partial charge in [-0.3, -0.25) is 9.58 Å². The van der Waals surface area contributed by atoms with Crippen LogP contribution in [0.3, 0.4) is 0 Å². The average molecular weight is 264 g/mol. The number of aromatic nitrogens is 2. The van der Waals surface area contributed by atoms with Crippen molar-refractivity contribution in [1.82, 2.24) is 20.0 Å². The van der Waals surface area contributed by atoms with Crippen LogP contribution in [0.15, 0.2) is 6.20 Å². The summed E-state index contributed by atoms with van der Waals surface area (Å²) >= 11 is 0. The fourth-order valence-corrected chi connectivity index (χ4v) is 2.95. The van der Waals surface area contributed by atoms with Crippen molar-refractivity contribution in [2.24, 2.45) is 7.05 Å². The lowest BCUT2D eigenvalue weighted by Gasteiger charge is -2.29. The number of nitrogens with zero attached hydrogens (tertiary/aromatic N) is 3. The van der Waals surface area contributed by atoms with Crippen molar-refractivity contribution in [2.45, 2.75) is 52.1 Å². The normalized spacial score (nSPS) is 20.1. The largest absolute Gasteiger partial charge is 0.313 e. The lowest BCUT2D eigenvalue weighted by Crippen LogP contribution is -2.43. The highest BCUT2D eigenvalue weighted by atomic mass is 15.3. The summed E-state index contributed by atoms with van der Waals surface area (Å²) in [6.45, 7) is 8.93. The van der Waals surface area contributed by atoms with Crippen molar-refractivity contribution in [3.63, 3.8) is 0 Å². The molecule has 1 saturated heterocycles. The fourth-order valence-electron chi connectivity index (χ4n) is 2.95. The Balaban J connectivity index is 1.93. The molecule has 1 unspecified atom stereocenters. The van der Waals surface area contributed by atoms with Gasteiger partial charge in [0.2, 0.25) is 0 Å². The van der Waals surface area contributed by atoms with E-state index in [4.69, 9.17) is 0 Å². The van der Waals surface area contributed by atoms with Crippen LogP contribution in [0.5, 0.6) is 0 Å². The maximum atomic E-state index is 4.54. The van der Waals surface area contributed by atoms with Crippen molar-refractivity contribution in [2.75, 3.05) is 19.6 Å². The zero-order chi connectivity index (χ0) is 13.7. The SMILES string of the molecule is CCc1nn(C)cc1CN(CC)CC1CCCCN1. The van der Waals surface area contributed by atoms with Crippen molar-refractivity contribution < 1.29 is 0 Å². The summed E-state index contributed by atoms with van der Waals surface area (Å²) in [6.07, 6.45) is 7.24. The topological polar surface area (TPSA) is 33.1 Å². The van der Waals surface area contributed by atoms with Crippen LogP contribution in [0.2, 0.25) is 0 Å². The third kappa shape index (κ3) is 4.05. The Morgan fingerprint density at radius 1 is 1.42 bits per heavy atom. The Morgan fingerprint density at radius 2 is 2.26 bits per heavy atom. The Bertz CT molecular complexity index is 379. The summed E-state index contributed by atoms with van der Waals surface area (Å²) in [5.41, 5.74) is 2.64. The first-order valence-corrected chi connectivity index (χ1v) is 7.70. The fraction of sp³-hybridized carbons (Fsp3) is 0.800. The van der Waals surface area contributed by atoms with Crippen molar-refractivity contribution in [3.05, 3.63) is 17.5 Å². The van der Waals surface area contributed by atoms with Crippen molar-refractivity contribution in [3.8, 4) is 0 Å². The molecule has 1 aliphatic heterocycles. The van der Waals surface area contributed by atoms with E-state index in [1.807, 2.05) is 11.7 Å². The molecule has 0 aliphatic carbocycles. The second-order valence-corrected chi connectivity index (χ2v) is 5.60. The number of nitrogens with one attached hydrogen (secondary N) is 1. The molecule has 108 valence electrons. The third-order valence-corrected chi connectivity index (χ3v) is 4.06. The maximum Gasteiger partial charge on any atom is 0.0666 e. The van der Waals surface area contributed by atoms with Gasteiger partial charge in [-0.25, -0.2) is 0 Å². The molecule has 1 aliphatic rings. The number of likely N-dealkylation sites (N-methyl/N-ethyl adjacent to an activating group) is 1. The van der Waals surface area contributed by atoms with Gasteiger partial charge in [0.25, 0.3) is 0 Å². The molecule has 0 saturated carbocycles. The molecule has 1 aromatic rings. The summed E-state index contributed by atoms with van der Waals surface area (Å²) in [5, 5.41) is 8.18. The number of aryl methyl sites for hydroxylation is 2. The maximum absolute atomic E-state index is 4.54. The van der Waals surface area contributed by atoms with E-state index in [1.165, 1.54) is 37.1 Å². The van der Waals surface area contributed by atoms with Gasteiger partial charge >= 0.3 is 0 Å². The third-order valence-electron chi connectivity index (χ3n) is 4.06. The molecule has 1 fully saturated rings. The van der Waals surface area contributed by atoms with Gasteiger partial charge in [-0.05, 0) is 32.4 Å². The highest BCUT2D eigenvalue weighted by Crippen LogP contribution is 2.13. The number of rotatable bonds is 6. The van der Waals surface area contributed by atoms with Gasteiger partial charge in [-0.15, -0.1) is 0 Å². The second kappa shape index (κ2) is 7.06. The standard InChI is InChI=1S/C15H28N4/c1-4-15-13(10-18(3)17-15)11-19(5-2)12-14-8-6-7-9-16-14/h10,14,16H,4-9,11-12H2,1-3H3. The summed E-state index contributed by atoms with van der Waals surface area (Å²) in [7, 11) is 2.02. The monoisotopic (exact) mass is 264 g/mol. The van der Waals surface area contributed by atoms with Gasteiger partial charge in [-0.1, -0.05) is 20.3 Å². The van der Waals surface area contributed by atoms with E-state index in [0.29, 0.717) is 6.04 Å². The molecule has 0 radical (unpaired) electrons.